The summed E-state index contributed by atoms with van der Waals surface area (Å²) in [5.74, 6) is 0.0161. The maximum atomic E-state index is 12.4. The van der Waals surface area contributed by atoms with Crippen LogP contribution in [0, 0.1) is 0 Å². The highest BCUT2D eigenvalue weighted by molar-refractivity contribution is 5.78. The van der Waals surface area contributed by atoms with Gasteiger partial charge in [0.1, 0.15) is 0 Å². The van der Waals surface area contributed by atoms with Crippen LogP contribution in [0.3, 0.4) is 0 Å². The lowest BCUT2D eigenvalue weighted by Gasteiger charge is -2.38. The Kier molecular flexibility index (Phi) is 3.77. The topological polar surface area (TPSA) is 59.7 Å². The molecule has 6 heteroatoms. The Morgan fingerprint density at radius 1 is 1.29 bits per heavy atom. The molecule has 1 fully saturated rings. The molecule has 21 heavy (non-hydrogen) atoms. The molecule has 3 rings (SSSR count). The standard InChI is InChI=1S/C15H20N4O2/c1-11-6-5-7-12(2)19(11)14(20)10-21-15-17-16-13-8-3-4-9-18(13)15/h3-4,8-9,11-12H,5-7,10H2,1-2H3/t11-,12-/m0/s1. The van der Waals surface area contributed by atoms with Crippen LogP contribution in [0.15, 0.2) is 24.4 Å². The van der Waals surface area contributed by atoms with Gasteiger partial charge in [-0.3, -0.25) is 9.20 Å². The molecular formula is C15H20N4O2. The Morgan fingerprint density at radius 3 is 2.81 bits per heavy atom. The van der Waals surface area contributed by atoms with E-state index in [0.717, 1.165) is 12.8 Å². The van der Waals surface area contributed by atoms with Gasteiger partial charge in [-0.05, 0) is 45.2 Å². The van der Waals surface area contributed by atoms with Gasteiger partial charge in [-0.2, -0.15) is 0 Å². The van der Waals surface area contributed by atoms with Crippen molar-refractivity contribution in [1.29, 1.82) is 0 Å². The molecule has 0 N–H and O–H groups in total. The first-order chi connectivity index (χ1) is 10.2. The highest BCUT2D eigenvalue weighted by Crippen LogP contribution is 2.22. The van der Waals surface area contributed by atoms with Gasteiger partial charge in [0, 0.05) is 18.3 Å². The zero-order valence-electron chi connectivity index (χ0n) is 12.4. The van der Waals surface area contributed by atoms with Crippen molar-refractivity contribution in [3.63, 3.8) is 0 Å². The highest BCUT2D eigenvalue weighted by atomic mass is 16.5. The molecule has 2 aromatic rings. The summed E-state index contributed by atoms with van der Waals surface area (Å²) in [5.41, 5.74) is 0.708. The van der Waals surface area contributed by atoms with Crippen molar-refractivity contribution < 1.29 is 9.53 Å². The van der Waals surface area contributed by atoms with E-state index in [2.05, 4.69) is 24.0 Å². The van der Waals surface area contributed by atoms with Crippen molar-refractivity contribution in [1.82, 2.24) is 19.5 Å². The van der Waals surface area contributed by atoms with E-state index in [9.17, 15) is 4.79 Å². The summed E-state index contributed by atoms with van der Waals surface area (Å²) in [7, 11) is 0. The van der Waals surface area contributed by atoms with E-state index in [1.54, 1.807) is 4.40 Å². The summed E-state index contributed by atoms with van der Waals surface area (Å²) in [6.07, 6.45) is 5.12. The molecule has 0 saturated carbocycles. The molecule has 0 spiro atoms. The van der Waals surface area contributed by atoms with Crippen LogP contribution in [0.4, 0.5) is 0 Å². The zero-order valence-corrected chi connectivity index (χ0v) is 12.4. The fourth-order valence-corrected chi connectivity index (χ4v) is 3.03. The van der Waals surface area contributed by atoms with Gasteiger partial charge in [-0.15, -0.1) is 5.10 Å². The first-order valence-electron chi connectivity index (χ1n) is 7.40. The Bertz CT molecular complexity index is 629. The van der Waals surface area contributed by atoms with Crippen molar-refractivity contribution in [3.8, 4) is 6.01 Å². The average Bonchev–Trinajstić information content (AvgIpc) is 2.88. The minimum absolute atomic E-state index is 0.00433. The molecule has 6 nitrogen and oxygen atoms in total. The van der Waals surface area contributed by atoms with Gasteiger partial charge in [0.2, 0.25) is 0 Å². The molecule has 112 valence electrons. The van der Waals surface area contributed by atoms with Crippen molar-refractivity contribution >= 4 is 11.6 Å². The summed E-state index contributed by atoms with van der Waals surface area (Å²) in [6.45, 7) is 4.20. The van der Waals surface area contributed by atoms with E-state index in [4.69, 9.17) is 4.74 Å². The predicted octanol–water partition coefficient (Wildman–Crippen LogP) is 1.90. The molecule has 0 bridgehead atoms. The number of likely N-dealkylation sites (tertiary alicyclic amines) is 1. The number of rotatable bonds is 3. The third kappa shape index (κ3) is 2.70. The number of carbonyl (C=O) groups is 1. The number of hydrogen-bond donors (Lipinski definition) is 0. The maximum Gasteiger partial charge on any atom is 0.322 e. The number of nitrogens with zero attached hydrogens (tertiary/aromatic N) is 4. The van der Waals surface area contributed by atoms with Gasteiger partial charge in [-0.1, -0.05) is 11.2 Å². The predicted molar refractivity (Wildman–Crippen MR) is 78.1 cm³/mol. The van der Waals surface area contributed by atoms with Gasteiger partial charge in [0.25, 0.3) is 5.91 Å². The first-order valence-corrected chi connectivity index (χ1v) is 7.40. The number of aromatic nitrogens is 3. The van der Waals surface area contributed by atoms with Crippen LogP contribution in [0.5, 0.6) is 6.01 Å². The molecule has 1 amide bonds. The van der Waals surface area contributed by atoms with Crippen molar-refractivity contribution in [2.24, 2.45) is 0 Å². The van der Waals surface area contributed by atoms with Crippen molar-refractivity contribution in [2.45, 2.75) is 45.2 Å². The molecule has 2 aromatic heterocycles. The van der Waals surface area contributed by atoms with E-state index in [0.29, 0.717) is 11.7 Å². The second-order valence-corrected chi connectivity index (χ2v) is 5.63. The Morgan fingerprint density at radius 2 is 2.05 bits per heavy atom. The number of ether oxygens (including phenoxy) is 1. The van der Waals surface area contributed by atoms with Crippen LogP contribution in [0.2, 0.25) is 0 Å². The normalized spacial score (nSPS) is 22.5. The molecule has 0 aromatic carbocycles. The van der Waals surface area contributed by atoms with Gasteiger partial charge in [0.15, 0.2) is 12.3 Å². The number of pyridine rings is 1. The fraction of sp³-hybridized carbons (Fsp3) is 0.533. The lowest BCUT2D eigenvalue weighted by Crippen LogP contribution is -2.49. The summed E-state index contributed by atoms with van der Waals surface area (Å²) in [6, 6.07) is 6.52. The molecule has 3 heterocycles. The largest absolute Gasteiger partial charge is 0.453 e. The molecular weight excluding hydrogens is 268 g/mol. The van der Waals surface area contributed by atoms with E-state index >= 15 is 0 Å². The van der Waals surface area contributed by atoms with Crippen LogP contribution >= 0.6 is 0 Å². The van der Waals surface area contributed by atoms with Crippen LogP contribution in [-0.2, 0) is 4.79 Å². The Hall–Kier alpha value is -2.11. The lowest BCUT2D eigenvalue weighted by molar-refractivity contribution is -0.139. The van der Waals surface area contributed by atoms with Gasteiger partial charge >= 0.3 is 6.01 Å². The number of hydrogen-bond acceptors (Lipinski definition) is 4. The van der Waals surface area contributed by atoms with Crippen molar-refractivity contribution in [3.05, 3.63) is 24.4 Å². The Balaban J connectivity index is 1.68. The summed E-state index contributed by atoms with van der Waals surface area (Å²) < 4.78 is 7.30. The van der Waals surface area contributed by atoms with Crippen LogP contribution < -0.4 is 4.74 Å². The third-order valence-corrected chi connectivity index (χ3v) is 4.09. The van der Waals surface area contributed by atoms with E-state index in [1.165, 1.54) is 6.42 Å². The minimum Gasteiger partial charge on any atom is -0.453 e. The van der Waals surface area contributed by atoms with Gasteiger partial charge < -0.3 is 9.64 Å². The van der Waals surface area contributed by atoms with E-state index < -0.39 is 0 Å². The molecule has 1 aliphatic rings. The second-order valence-electron chi connectivity index (χ2n) is 5.63. The molecule has 1 aliphatic heterocycles. The van der Waals surface area contributed by atoms with Crippen LogP contribution in [0.1, 0.15) is 33.1 Å². The fourth-order valence-electron chi connectivity index (χ4n) is 3.03. The highest BCUT2D eigenvalue weighted by Gasteiger charge is 2.29. The quantitative estimate of drug-likeness (QED) is 0.865. The van der Waals surface area contributed by atoms with Crippen LogP contribution in [-0.4, -0.2) is 44.1 Å². The number of piperidine rings is 1. The summed E-state index contributed by atoms with van der Waals surface area (Å²) in [5, 5.41) is 7.97. The first kappa shape index (κ1) is 13.9. The van der Waals surface area contributed by atoms with E-state index in [-0.39, 0.29) is 24.6 Å². The van der Waals surface area contributed by atoms with E-state index in [1.807, 2.05) is 29.3 Å². The summed E-state index contributed by atoms with van der Waals surface area (Å²) >= 11 is 0. The molecule has 1 saturated heterocycles. The second kappa shape index (κ2) is 5.71. The zero-order chi connectivity index (χ0) is 14.8. The molecule has 0 radical (unpaired) electrons. The average molecular weight is 288 g/mol. The van der Waals surface area contributed by atoms with Crippen molar-refractivity contribution in [2.75, 3.05) is 6.61 Å². The minimum atomic E-state index is 0.00433. The lowest BCUT2D eigenvalue weighted by atomic mass is 9.97. The van der Waals surface area contributed by atoms with Crippen LogP contribution in [0.25, 0.3) is 5.65 Å². The maximum absolute atomic E-state index is 12.4. The monoisotopic (exact) mass is 288 g/mol. The van der Waals surface area contributed by atoms with Gasteiger partial charge in [0.05, 0.1) is 0 Å². The molecule has 0 aliphatic carbocycles. The SMILES string of the molecule is C[C@H]1CCC[C@H](C)N1C(=O)COc1nnc2ccccn12. The number of fused-ring (bicyclic) bond motifs is 1. The molecule has 2 atom stereocenters. The third-order valence-electron chi connectivity index (χ3n) is 4.09. The number of carbonyl (C=O) groups excluding carboxylic acids is 1. The Labute approximate surface area is 123 Å². The number of amides is 1. The molecule has 0 unspecified atom stereocenters. The summed E-state index contributed by atoms with van der Waals surface area (Å²) in [4.78, 5) is 14.3. The smallest absolute Gasteiger partial charge is 0.322 e. The van der Waals surface area contributed by atoms with Gasteiger partial charge in [-0.25, -0.2) is 0 Å².